The van der Waals surface area contributed by atoms with E-state index in [9.17, 15) is 9.59 Å². The van der Waals surface area contributed by atoms with Gasteiger partial charge in [-0.3, -0.25) is 9.59 Å². The molecule has 0 aromatic heterocycles. The highest BCUT2D eigenvalue weighted by Crippen LogP contribution is 2.27. The number of benzene rings is 2. The van der Waals surface area contributed by atoms with E-state index in [0.29, 0.717) is 30.4 Å². The highest BCUT2D eigenvalue weighted by molar-refractivity contribution is 5.94. The third-order valence-electron chi connectivity index (χ3n) is 5.31. The first-order valence-electron chi connectivity index (χ1n) is 11.8. The van der Waals surface area contributed by atoms with Crippen molar-refractivity contribution in [2.75, 3.05) is 6.61 Å². The van der Waals surface area contributed by atoms with Gasteiger partial charge in [-0.1, -0.05) is 18.2 Å². The van der Waals surface area contributed by atoms with Gasteiger partial charge in [0, 0.05) is 30.1 Å². The molecule has 6 heteroatoms. The summed E-state index contributed by atoms with van der Waals surface area (Å²) in [4.78, 5) is 25.5. The third kappa shape index (κ3) is 7.29. The molecule has 1 aliphatic rings. The number of carbonyl (C=O) groups excluding carboxylic acids is 1. The lowest BCUT2D eigenvalue weighted by molar-refractivity contribution is -0.137. The first-order valence-corrected chi connectivity index (χ1v) is 11.3. The smallest absolute Gasteiger partial charge is 0.303 e. The summed E-state index contributed by atoms with van der Waals surface area (Å²) in [5.41, 5.74) is 1.33. The van der Waals surface area contributed by atoms with Crippen LogP contribution in [0.25, 0.3) is 0 Å². The van der Waals surface area contributed by atoms with Gasteiger partial charge in [-0.05, 0) is 76.3 Å². The number of para-hydroxylation sites is 1. The number of carboxylic acid groups (broad SMARTS) is 1. The van der Waals surface area contributed by atoms with Gasteiger partial charge in [0.05, 0.1) is 14.1 Å². The highest BCUT2D eigenvalue weighted by Gasteiger charge is 2.24. The summed E-state index contributed by atoms with van der Waals surface area (Å²) in [6, 6.07) is 13.5. The van der Waals surface area contributed by atoms with Crippen LogP contribution in [0.3, 0.4) is 0 Å². The Kier molecular flexibility index (Phi) is 8.01. The standard InChI is InChI=1S/C26H33NO5/c1-19(2)27(26(30)20-11-13-22(14-12-20)32-23-15-16-23)18-21-8-5-6-9-24(21)31-17-7-3-4-10-25(28)29/h5-6,8-9,11-14,19,23H,3-4,7,10,15-18H2,1-2H3,(H,28,29)/i19D. The zero-order valence-electron chi connectivity index (χ0n) is 19.9. The molecule has 1 saturated carbocycles. The predicted octanol–water partition coefficient (Wildman–Crippen LogP) is 5.30. The molecule has 0 unspecified atom stereocenters. The molecular weight excluding hydrogens is 406 g/mol. The molecule has 0 saturated heterocycles. The van der Waals surface area contributed by atoms with Crippen LogP contribution in [0.1, 0.15) is 69.7 Å². The molecule has 2 aromatic carbocycles. The van der Waals surface area contributed by atoms with Crippen molar-refractivity contribution in [3.05, 3.63) is 59.7 Å². The molecule has 1 fully saturated rings. The Morgan fingerprint density at radius 2 is 1.81 bits per heavy atom. The maximum atomic E-state index is 13.3. The number of hydrogen-bond donors (Lipinski definition) is 1. The average molecular weight is 441 g/mol. The Hall–Kier alpha value is -3.02. The van der Waals surface area contributed by atoms with Crippen molar-refractivity contribution in [2.45, 2.75) is 71.0 Å². The number of aliphatic carboxylic acids is 1. The van der Waals surface area contributed by atoms with Gasteiger partial charge in [-0.25, -0.2) is 0 Å². The van der Waals surface area contributed by atoms with E-state index < -0.39 is 12.0 Å². The van der Waals surface area contributed by atoms with Crippen LogP contribution in [0, 0.1) is 0 Å². The second-order valence-corrected chi connectivity index (χ2v) is 8.34. The van der Waals surface area contributed by atoms with Crippen LogP contribution < -0.4 is 9.47 Å². The van der Waals surface area contributed by atoms with E-state index in [-0.39, 0.29) is 18.9 Å². The molecule has 2 aromatic rings. The quantitative estimate of drug-likeness (QED) is 0.428. The second-order valence-electron chi connectivity index (χ2n) is 8.34. The van der Waals surface area contributed by atoms with Crippen molar-refractivity contribution in [3.8, 4) is 11.5 Å². The van der Waals surface area contributed by atoms with Crippen molar-refractivity contribution in [3.63, 3.8) is 0 Å². The summed E-state index contributed by atoms with van der Waals surface area (Å²) in [6.45, 7) is 4.10. The number of hydrogen-bond acceptors (Lipinski definition) is 4. The lowest BCUT2D eigenvalue weighted by Gasteiger charge is -2.28. The summed E-state index contributed by atoms with van der Waals surface area (Å²) < 4.78 is 20.3. The minimum atomic E-state index is -1.13. The number of rotatable bonds is 13. The monoisotopic (exact) mass is 440 g/mol. The molecule has 1 aliphatic carbocycles. The van der Waals surface area contributed by atoms with Gasteiger partial charge in [0.2, 0.25) is 0 Å². The van der Waals surface area contributed by atoms with Crippen molar-refractivity contribution < 1.29 is 25.5 Å². The number of amides is 1. The fraction of sp³-hybridized carbons (Fsp3) is 0.462. The van der Waals surface area contributed by atoms with Crippen molar-refractivity contribution in [1.29, 1.82) is 0 Å². The molecule has 0 bridgehead atoms. The molecule has 6 nitrogen and oxygen atoms in total. The van der Waals surface area contributed by atoms with Gasteiger partial charge in [-0.15, -0.1) is 0 Å². The van der Waals surface area contributed by atoms with E-state index in [0.717, 1.165) is 37.0 Å². The summed E-state index contributed by atoms with van der Waals surface area (Å²) in [5.74, 6) is 0.421. The van der Waals surface area contributed by atoms with E-state index in [1.807, 2.05) is 36.4 Å². The Morgan fingerprint density at radius 1 is 1.09 bits per heavy atom. The number of carbonyl (C=O) groups is 2. The number of ether oxygens (including phenoxy) is 2. The molecule has 3 rings (SSSR count). The van der Waals surface area contributed by atoms with Crippen molar-refractivity contribution in [2.24, 2.45) is 0 Å². The SMILES string of the molecule is [2H]C(C)(C)N(Cc1ccccc1OCCCCCC(=O)O)C(=O)c1ccc(OC2CC2)cc1. The van der Waals surface area contributed by atoms with Crippen LogP contribution in [0.4, 0.5) is 0 Å². The summed E-state index contributed by atoms with van der Waals surface area (Å²) in [5, 5.41) is 8.73. The zero-order valence-corrected chi connectivity index (χ0v) is 18.9. The molecule has 0 aliphatic heterocycles. The van der Waals surface area contributed by atoms with Gasteiger partial charge < -0.3 is 19.5 Å². The summed E-state index contributed by atoms with van der Waals surface area (Å²) >= 11 is 0. The molecule has 0 spiro atoms. The fourth-order valence-corrected chi connectivity index (χ4v) is 3.33. The summed E-state index contributed by atoms with van der Waals surface area (Å²) in [6.07, 6.45) is 4.77. The Morgan fingerprint density at radius 3 is 2.47 bits per heavy atom. The Balaban J connectivity index is 1.65. The van der Waals surface area contributed by atoms with E-state index in [1.165, 1.54) is 4.90 Å². The van der Waals surface area contributed by atoms with Crippen LogP contribution >= 0.6 is 0 Å². The van der Waals surface area contributed by atoms with Gasteiger partial charge in [0.25, 0.3) is 5.91 Å². The molecular formula is C26H33NO5. The molecule has 1 amide bonds. The van der Waals surface area contributed by atoms with Crippen LogP contribution in [0.2, 0.25) is 0 Å². The number of unbranched alkanes of at least 4 members (excludes halogenated alkanes) is 2. The van der Waals surface area contributed by atoms with E-state index in [2.05, 4.69) is 0 Å². The predicted molar refractivity (Wildman–Crippen MR) is 123 cm³/mol. The first-order chi connectivity index (χ1) is 15.7. The average Bonchev–Trinajstić information content (AvgIpc) is 3.58. The third-order valence-corrected chi connectivity index (χ3v) is 5.31. The molecule has 0 radical (unpaired) electrons. The van der Waals surface area contributed by atoms with Gasteiger partial charge in [0.1, 0.15) is 11.5 Å². The number of carboxylic acids is 1. The maximum absolute atomic E-state index is 13.3. The fourth-order valence-electron chi connectivity index (χ4n) is 3.33. The van der Waals surface area contributed by atoms with E-state index in [4.69, 9.17) is 16.0 Å². The normalized spacial score (nSPS) is 13.9. The molecule has 0 heterocycles. The minimum Gasteiger partial charge on any atom is -0.493 e. The molecule has 172 valence electrons. The van der Waals surface area contributed by atoms with Crippen molar-refractivity contribution >= 4 is 11.9 Å². The van der Waals surface area contributed by atoms with Crippen molar-refractivity contribution in [1.82, 2.24) is 4.90 Å². The van der Waals surface area contributed by atoms with Gasteiger partial charge in [-0.2, -0.15) is 0 Å². The van der Waals surface area contributed by atoms with Crippen LogP contribution in [0.5, 0.6) is 11.5 Å². The van der Waals surface area contributed by atoms with Crippen LogP contribution in [-0.4, -0.2) is 40.6 Å². The topological polar surface area (TPSA) is 76.1 Å². The molecule has 1 N–H and O–H groups in total. The maximum Gasteiger partial charge on any atom is 0.303 e. The summed E-state index contributed by atoms with van der Waals surface area (Å²) in [7, 11) is 0. The first kappa shape index (κ1) is 22.2. The van der Waals surface area contributed by atoms with Crippen LogP contribution in [0.15, 0.2) is 48.5 Å². The van der Waals surface area contributed by atoms with E-state index >= 15 is 0 Å². The zero-order chi connectivity index (χ0) is 23.8. The highest BCUT2D eigenvalue weighted by atomic mass is 16.5. The lowest BCUT2D eigenvalue weighted by atomic mass is 10.1. The lowest BCUT2D eigenvalue weighted by Crippen LogP contribution is -2.36. The number of nitrogens with zero attached hydrogens (tertiary/aromatic N) is 1. The molecule has 0 atom stereocenters. The minimum absolute atomic E-state index is 0.167. The van der Waals surface area contributed by atoms with Gasteiger partial charge in [0.15, 0.2) is 0 Å². The van der Waals surface area contributed by atoms with Gasteiger partial charge >= 0.3 is 5.97 Å². The molecule has 32 heavy (non-hydrogen) atoms. The van der Waals surface area contributed by atoms with E-state index in [1.54, 1.807) is 26.0 Å². The van der Waals surface area contributed by atoms with Crippen LogP contribution in [-0.2, 0) is 11.3 Å². The Labute approximate surface area is 191 Å². The second kappa shape index (κ2) is 11.6. The Bertz CT molecular complexity index is 934. The largest absolute Gasteiger partial charge is 0.493 e.